The fourth-order valence-electron chi connectivity index (χ4n) is 4.62. The summed E-state index contributed by atoms with van der Waals surface area (Å²) < 4.78 is 0. The van der Waals surface area contributed by atoms with Gasteiger partial charge in [0.2, 0.25) is 5.91 Å². The zero-order valence-corrected chi connectivity index (χ0v) is 25.8. The number of rotatable bonds is 28. The highest BCUT2D eigenvalue weighted by atomic mass is 16.3. The van der Waals surface area contributed by atoms with E-state index in [9.17, 15) is 25.2 Å². The molecular formula is C34H63NO5. The molecule has 0 aromatic carbocycles. The Bertz CT molecular complexity index is 648. The third kappa shape index (κ3) is 23.3. The van der Waals surface area contributed by atoms with Crippen LogP contribution in [0.15, 0.2) is 36.5 Å². The van der Waals surface area contributed by atoms with Gasteiger partial charge < -0.3 is 25.7 Å². The Balaban J connectivity index is 4.05. The van der Waals surface area contributed by atoms with Gasteiger partial charge in [0.05, 0.1) is 18.8 Å². The Hall–Kier alpha value is -1.47. The third-order valence-electron chi connectivity index (χ3n) is 7.33. The molecule has 4 unspecified atom stereocenters. The SMILES string of the molecule is CCCCCCCC/C=C\C/C=C\CC(O)C(=O)NC(CO)C(O)C(O)CCC/C=C/CCCCCCCCC. The summed E-state index contributed by atoms with van der Waals surface area (Å²) in [5.41, 5.74) is 0. The van der Waals surface area contributed by atoms with Gasteiger partial charge in [0, 0.05) is 6.42 Å². The van der Waals surface area contributed by atoms with E-state index in [1.54, 1.807) is 6.08 Å². The van der Waals surface area contributed by atoms with Crippen LogP contribution in [0.1, 0.15) is 142 Å². The Labute approximate surface area is 246 Å². The number of aliphatic hydroxyl groups excluding tert-OH is 4. The molecule has 0 spiro atoms. The molecule has 0 aliphatic carbocycles. The van der Waals surface area contributed by atoms with Gasteiger partial charge in [0.25, 0.3) is 0 Å². The van der Waals surface area contributed by atoms with Crippen LogP contribution in [-0.4, -0.2) is 57.3 Å². The van der Waals surface area contributed by atoms with Gasteiger partial charge in [0.1, 0.15) is 12.2 Å². The zero-order chi connectivity index (χ0) is 29.7. The summed E-state index contributed by atoms with van der Waals surface area (Å²) in [5.74, 6) is -0.665. The van der Waals surface area contributed by atoms with Crippen molar-refractivity contribution in [2.45, 2.75) is 167 Å². The fraction of sp³-hybridized carbons (Fsp3) is 0.794. The molecule has 0 bridgehead atoms. The average molecular weight is 566 g/mol. The van der Waals surface area contributed by atoms with Crippen molar-refractivity contribution in [3.05, 3.63) is 36.5 Å². The lowest BCUT2D eigenvalue weighted by atomic mass is 10.0. The van der Waals surface area contributed by atoms with Crippen LogP contribution < -0.4 is 5.32 Å². The zero-order valence-electron chi connectivity index (χ0n) is 25.8. The predicted molar refractivity (Wildman–Crippen MR) is 168 cm³/mol. The number of carbonyl (C=O) groups is 1. The Morgan fingerprint density at radius 1 is 0.650 bits per heavy atom. The molecule has 234 valence electrons. The molecule has 0 heterocycles. The highest BCUT2D eigenvalue weighted by Crippen LogP contribution is 2.12. The lowest BCUT2D eigenvalue weighted by Gasteiger charge is -2.27. The number of allylic oxidation sites excluding steroid dienone is 5. The van der Waals surface area contributed by atoms with Gasteiger partial charge in [-0.1, -0.05) is 121 Å². The normalized spacial score (nSPS) is 15.2. The van der Waals surface area contributed by atoms with Crippen molar-refractivity contribution >= 4 is 5.91 Å². The minimum absolute atomic E-state index is 0.152. The van der Waals surface area contributed by atoms with Gasteiger partial charge in [-0.25, -0.2) is 0 Å². The first-order chi connectivity index (χ1) is 19.5. The first-order valence-corrected chi connectivity index (χ1v) is 16.4. The quantitative estimate of drug-likeness (QED) is 0.0515. The first kappa shape index (κ1) is 38.5. The van der Waals surface area contributed by atoms with Crippen LogP contribution in [-0.2, 0) is 4.79 Å². The molecule has 40 heavy (non-hydrogen) atoms. The molecule has 0 fully saturated rings. The van der Waals surface area contributed by atoms with Gasteiger partial charge in [-0.05, 0) is 51.4 Å². The highest BCUT2D eigenvalue weighted by Gasteiger charge is 2.28. The van der Waals surface area contributed by atoms with Crippen molar-refractivity contribution < 1.29 is 25.2 Å². The molecule has 1 amide bonds. The second-order valence-electron chi connectivity index (χ2n) is 11.2. The third-order valence-corrected chi connectivity index (χ3v) is 7.33. The maximum atomic E-state index is 12.3. The molecule has 5 N–H and O–H groups in total. The highest BCUT2D eigenvalue weighted by molar-refractivity contribution is 5.81. The van der Waals surface area contributed by atoms with Crippen LogP contribution in [0.25, 0.3) is 0 Å². The van der Waals surface area contributed by atoms with Crippen molar-refractivity contribution in [1.29, 1.82) is 0 Å². The van der Waals surface area contributed by atoms with E-state index < -0.39 is 36.9 Å². The summed E-state index contributed by atoms with van der Waals surface area (Å²) in [6, 6.07) is -1.03. The predicted octanol–water partition coefficient (Wildman–Crippen LogP) is 7.06. The number of amides is 1. The largest absolute Gasteiger partial charge is 0.394 e. The number of hydrogen-bond acceptors (Lipinski definition) is 5. The minimum Gasteiger partial charge on any atom is -0.394 e. The first-order valence-electron chi connectivity index (χ1n) is 16.4. The maximum Gasteiger partial charge on any atom is 0.249 e. The molecule has 0 aromatic heterocycles. The lowest BCUT2D eigenvalue weighted by Crippen LogP contribution is -2.52. The second-order valence-corrected chi connectivity index (χ2v) is 11.2. The van der Waals surface area contributed by atoms with E-state index in [-0.39, 0.29) is 6.42 Å². The van der Waals surface area contributed by atoms with Crippen LogP contribution in [0, 0.1) is 0 Å². The molecule has 0 aliphatic rings. The molecule has 6 nitrogen and oxygen atoms in total. The van der Waals surface area contributed by atoms with Gasteiger partial charge >= 0.3 is 0 Å². The number of hydrogen-bond donors (Lipinski definition) is 5. The molecule has 0 radical (unpaired) electrons. The van der Waals surface area contributed by atoms with Crippen LogP contribution >= 0.6 is 0 Å². The van der Waals surface area contributed by atoms with Crippen molar-refractivity contribution in [2.75, 3.05) is 6.61 Å². The summed E-state index contributed by atoms with van der Waals surface area (Å²) in [6.45, 7) is 3.94. The Morgan fingerprint density at radius 3 is 1.68 bits per heavy atom. The van der Waals surface area contributed by atoms with E-state index in [2.05, 4.69) is 43.5 Å². The minimum atomic E-state index is -1.30. The molecule has 0 saturated carbocycles. The van der Waals surface area contributed by atoms with Gasteiger partial charge in [-0.15, -0.1) is 0 Å². The lowest BCUT2D eigenvalue weighted by molar-refractivity contribution is -0.132. The number of carbonyl (C=O) groups excluding carboxylic acids is 1. The molecule has 0 rings (SSSR count). The van der Waals surface area contributed by atoms with E-state index in [4.69, 9.17) is 0 Å². The van der Waals surface area contributed by atoms with Gasteiger partial charge in [0.15, 0.2) is 0 Å². The molecular weight excluding hydrogens is 502 g/mol. The van der Waals surface area contributed by atoms with Crippen LogP contribution in [0.3, 0.4) is 0 Å². The van der Waals surface area contributed by atoms with Crippen LogP contribution in [0.2, 0.25) is 0 Å². The standard InChI is InChI=1S/C34H63NO5/c1-3-5-7-9-11-13-15-17-19-21-23-25-27-31(37)33(39)30(29-36)35-34(40)32(38)28-26-24-22-20-18-16-14-12-10-8-6-4-2/h18-21,24,26,30-33,36-39H,3-17,22-23,25,27-29H2,1-2H3,(H,35,40)/b20-18-,21-19+,26-24-. The Morgan fingerprint density at radius 2 is 1.12 bits per heavy atom. The van der Waals surface area contributed by atoms with E-state index in [1.165, 1.54) is 83.5 Å². The average Bonchev–Trinajstić information content (AvgIpc) is 2.96. The van der Waals surface area contributed by atoms with Crippen molar-refractivity contribution in [3.63, 3.8) is 0 Å². The summed E-state index contributed by atoms with van der Waals surface area (Å²) in [7, 11) is 0. The number of aliphatic hydroxyl groups is 4. The van der Waals surface area contributed by atoms with Crippen molar-refractivity contribution in [1.82, 2.24) is 5.32 Å². The van der Waals surface area contributed by atoms with Gasteiger partial charge in [-0.2, -0.15) is 0 Å². The molecule has 6 heteroatoms. The van der Waals surface area contributed by atoms with Crippen LogP contribution in [0.5, 0.6) is 0 Å². The van der Waals surface area contributed by atoms with E-state index >= 15 is 0 Å². The van der Waals surface area contributed by atoms with Crippen molar-refractivity contribution in [2.24, 2.45) is 0 Å². The van der Waals surface area contributed by atoms with E-state index in [0.29, 0.717) is 12.8 Å². The number of unbranched alkanes of at least 4 members (excludes halogenated alkanes) is 14. The fourth-order valence-corrected chi connectivity index (χ4v) is 4.62. The smallest absolute Gasteiger partial charge is 0.249 e. The summed E-state index contributed by atoms with van der Waals surface area (Å²) in [5, 5.41) is 43.0. The summed E-state index contributed by atoms with van der Waals surface area (Å²) in [4.78, 5) is 12.3. The molecule has 0 saturated heterocycles. The molecule has 4 atom stereocenters. The van der Waals surface area contributed by atoms with Crippen LogP contribution in [0.4, 0.5) is 0 Å². The van der Waals surface area contributed by atoms with Gasteiger partial charge in [-0.3, -0.25) is 4.79 Å². The van der Waals surface area contributed by atoms with Crippen molar-refractivity contribution in [3.8, 4) is 0 Å². The summed E-state index contributed by atoms with van der Waals surface area (Å²) >= 11 is 0. The molecule has 0 aromatic rings. The number of nitrogens with one attached hydrogen (secondary N) is 1. The van der Waals surface area contributed by atoms with E-state index in [1.807, 2.05) is 6.08 Å². The van der Waals surface area contributed by atoms with E-state index in [0.717, 1.165) is 25.7 Å². The second kappa shape index (κ2) is 29.0. The molecule has 0 aliphatic heterocycles. The Kier molecular flexibility index (Phi) is 28.0. The topological polar surface area (TPSA) is 110 Å². The maximum absolute atomic E-state index is 12.3. The monoisotopic (exact) mass is 565 g/mol. The summed E-state index contributed by atoms with van der Waals surface area (Å²) in [6.07, 6.45) is 30.4.